The van der Waals surface area contributed by atoms with Gasteiger partial charge in [0.2, 0.25) is 5.66 Å². The number of ether oxygens (including phenoxy) is 2. The second kappa shape index (κ2) is 9.60. The summed E-state index contributed by atoms with van der Waals surface area (Å²) in [5.74, 6) is -0.633. The van der Waals surface area contributed by atoms with Crippen LogP contribution in [0.3, 0.4) is 0 Å². The van der Waals surface area contributed by atoms with Crippen molar-refractivity contribution in [3.63, 3.8) is 0 Å². The largest absolute Gasteiger partial charge is 0.466 e. The smallest absolute Gasteiger partial charge is 0.409 e. The lowest BCUT2D eigenvalue weighted by Crippen LogP contribution is -2.63. The van der Waals surface area contributed by atoms with Crippen molar-refractivity contribution < 1.29 is 19.1 Å². The molecule has 0 bridgehead atoms. The van der Waals surface area contributed by atoms with Crippen molar-refractivity contribution in [2.24, 2.45) is 0 Å². The van der Waals surface area contributed by atoms with Gasteiger partial charge in [-0.1, -0.05) is 66.7 Å². The Morgan fingerprint density at radius 3 is 1.77 bits per heavy atom. The van der Waals surface area contributed by atoms with Crippen LogP contribution in [0.5, 0.6) is 0 Å². The molecule has 1 amide bonds. The average molecular weight is 404 g/mol. The minimum absolute atomic E-state index is 0.0839. The van der Waals surface area contributed by atoms with Gasteiger partial charge in [-0.15, -0.1) is 0 Å². The first-order valence-electron chi connectivity index (χ1n) is 9.52. The van der Waals surface area contributed by atoms with Crippen LogP contribution in [0.1, 0.15) is 12.5 Å². The van der Waals surface area contributed by atoms with Crippen molar-refractivity contribution >= 4 is 23.4 Å². The molecule has 6 heteroatoms. The van der Waals surface area contributed by atoms with E-state index in [1.165, 1.54) is 7.11 Å². The molecule has 3 aromatic rings. The van der Waals surface area contributed by atoms with Gasteiger partial charge in [-0.05, 0) is 36.8 Å². The lowest BCUT2D eigenvalue weighted by molar-refractivity contribution is -0.147. The van der Waals surface area contributed by atoms with Crippen LogP contribution in [0.15, 0.2) is 91.0 Å². The number of nitrogens with zero attached hydrogens (tertiary/aromatic N) is 1. The predicted molar refractivity (Wildman–Crippen MR) is 115 cm³/mol. The molecule has 1 N–H and O–H groups in total. The topological polar surface area (TPSA) is 67.9 Å². The van der Waals surface area contributed by atoms with E-state index in [2.05, 4.69) is 5.32 Å². The number of anilines is 2. The number of alkyl carbamates (subject to hydrolysis) is 1. The summed E-state index contributed by atoms with van der Waals surface area (Å²) >= 11 is 0. The van der Waals surface area contributed by atoms with Gasteiger partial charge in [-0.2, -0.15) is 0 Å². The first-order valence-corrected chi connectivity index (χ1v) is 9.52. The maximum atomic E-state index is 12.9. The number of para-hydroxylation sites is 2. The number of amides is 1. The normalized spacial score (nSPS) is 12.3. The highest BCUT2D eigenvalue weighted by atomic mass is 16.6. The van der Waals surface area contributed by atoms with Crippen LogP contribution in [0.4, 0.5) is 16.2 Å². The Balaban J connectivity index is 1.92. The number of methoxy groups -OCH3 is 1. The van der Waals surface area contributed by atoms with Gasteiger partial charge in [-0.25, -0.2) is 9.59 Å². The summed E-state index contributed by atoms with van der Waals surface area (Å²) in [6.45, 7) is 1.67. The van der Waals surface area contributed by atoms with Crippen LogP contribution in [0.25, 0.3) is 0 Å². The molecule has 0 aromatic heterocycles. The van der Waals surface area contributed by atoms with Crippen molar-refractivity contribution in [1.29, 1.82) is 0 Å². The second-order valence-corrected chi connectivity index (χ2v) is 6.76. The van der Waals surface area contributed by atoms with Crippen molar-refractivity contribution in [3.05, 3.63) is 96.6 Å². The van der Waals surface area contributed by atoms with Crippen LogP contribution >= 0.6 is 0 Å². The minimum Gasteiger partial charge on any atom is -0.466 e. The first-order chi connectivity index (χ1) is 14.5. The van der Waals surface area contributed by atoms with E-state index in [-0.39, 0.29) is 6.61 Å². The summed E-state index contributed by atoms with van der Waals surface area (Å²) < 4.78 is 10.4. The molecule has 0 aliphatic heterocycles. The number of esters is 1. The standard InChI is InChI=1S/C24H24N2O4/c1-24(22(27)29-2,25-23(28)30-18-19-12-6-3-7-13-19)26(20-14-8-4-9-15-20)21-16-10-5-11-17-21/h3-17H,18H2,1-2H3,(H,25,28)/t24-/m0/s1. The van der Waals surface area contributed by atoms with Crippen molar-refractivity contribution in [2.45, 2.75) is 19.2 Å². The Labute approximate surface area is 176 Å². The molecule has 0 spiro atoms. The Kier molecular flexibility index (Phi) is 6.70. The van der Waals surface area contributed by atoms with E-state index in [0.29, 0.717) is 11.4 Å². The molecular formula is C24H24N2O4. The van der Waals surface area contributed by atoms with E-state index in [4.69, 9.17) is 9.47 Å². The lowest BCUT2D eigenvalue weighted by Gasteiger charge is -2.40. The first kappa shape index (κ1) is 20.9. The zero-order valence-electron chi connectivity index (χ0n) is 16.9. The molecule has 0 heterocycles. The molecule has 6 nitrogen and oxygen atoms in total. The predicted octanol–water partition coefficient (Wildman–Crippen LogP) is 4.64. The molecule has 0 aliphatic carbocycles. The number of hydrogen-bond donors (Lipinski definition) is 1. The zero-order chi connectivity index (χ0) is 21.4. The Hall–Kier alpha value is -3.80. The summed E-state index contributed by atoms with van der Waals surface area (Å²) in [6, 6.07) is 27.9. The van der Waals surface area contributed by atoms with Crippen LogP contribution in [0.2, 0.25) is 0 Å². The molecule has 0 saturated carbocycles. The van der Waals surface area contributed by atoms with Gasteiger partial charge in [0.1, 0.15) is 6.61 Å². The van der Waals surface area contributed by atoms with E-state index in [0.717, 1.165) is 5.56 Å². The summed E-state index contributed by atoms with van der Waals surface area (Å²) in [5, 5.41) is 2.70. The Bertz CT molecular complexity index is 925. The molecule has 3 aromatic carbocycles. The number of carbonyl (C=O) groups is 2. The zero-order valence-corrected chi connectivity index (χ0v) is 16.9. The fourth-order valence-electron chi connectivity index (χ4n) is 3.17. The maximum absolute atomic E-state index is 12.9. The van der Waals surface area contributed by atoms with E-state index in [9.17, 15) is 9.59 Å². The molecule has 30 heavy (non-hydrogen) atoms. The highest BCUT2D eigenvalue weighted by Crippen LogP contribution is 2.32. The quantitative estimate of drug-likeness (QED) is 0.459. The highest BCUT2D eigenvalue weighted by Gasteiger charge is 2.44. The van der Waals surface area contributed by atoms with Crippen LogP contribution in [-0.4, -0.2) is 24.8 Å². The van der Waals surface area contributed by atoms with Crippen molar-refractivity contribution in [3.8, 4) is 0 Å². The third kappa shape index (κ3) is 4.78. The van der Waals surface area contributed by atoms with E-state index in [1.54, 1.807) is 11.8 Å². The summed E-state index contributed by atoms with van der Waals surface area (Å²) in [7, 11) is 1.28. The SMILES string of the molecule is COC(=O)[C@@](C)(NC(=O)OCc1ccccc1)N(c1ccccc1)c1ccccc1. The van der Waals surface area contributed by atoms with Gasteiger partial charge in [0.15, 0.2) is 0 Å². The molecule has 0 radical (unpaired) electrons. The summed E-state index contributed by atoms with van der Waals surface area (Å²) in [5.41, 5.74) is 0.709. The van der Waals surface area contributed by atoms with Gasteiger partial charge >= 0.3 is 12.1 Å². The van der Waals surface area contributed by atoms with E-state index in [1.807, 2.05) is 91.0 Å². The number of carbonyl (C=O) groups excluding carboxylic acids is 2. The molecule has 0 fully saturated rings. The number of hydrogen-bond acceptors (Lipinski definition) is 5. The van der Waals surface area contributed by atoms with Crippen molar-refractivity contribution in [1.82, 2.24) is 5.32 Å². The molecular weight excluding hydrogens is 380 g/mol. The molecule has 0 aliphatic rings. The minimum atomic E-state index is -1.55. The average Bonchev–Trinajstić information content (AvgIpc) is 2.79. The molecule has 154 valence electrons. The number of benzene rings is 3. The molecule has 0 unspecified atom stereocenters. The van der Waals surface area contributed by atoms with Gasteiger partial charge in [0.05, 0.1) is 7.11 Å². The van der Waals surface area contributed by atoms with Crippen LogP contribution in [0, 0.1) is 0 Å². The summed E-state index contributed by atoms with van der Waals surface area (Å²) in [4.78, 5) is 27.3. The molecule has 0 saturated heterocycles. The fourth-order valence-corrected chi connectivity index (χ4v) is 3.17. The molecule has 1 atom stereocenters. The van der Waals surface area contributed by atoms with E-state index < -0.39 is 17.7 Å². The number of rotatable bonds is 7. The van der Waals surface area contributed by atoms with Crippen LogP contribution < -0.4 is 10.2 Å². The maximum Gasteiger partial charge on any atom is 0.409 e. The Morgan fingerprint density at radius 1 is 0.833 bits per heavy atom. The fraction of sp³-hybridized carbons (Fsp3) is 0.167. The van der Waals surface area contributed by atoms with Gasteiger partial charge in [0, 0.05) is 11.4 Å². The summed E-state index contributed by atoms with van der Waals surface area (Å²) in [6.07, 6.45) is -0.733. The molecule has 3 rings (SSSR count). The van der Waals surface area contributed by atoms with Crippen LogP contribution in [-0.2, 0) is 20.9 Å². The Morgan fingerprint density at radius 2 is 1.30 bits per heavy atom. The van der Waals surface area contributed by atoms with Gasteiger partial charge in [-0.3, -0.25) is 5.32 Å². The monoisotopic (exact) mass is 404 g/mol. The van der Waals surface area contributed by atoms with Crippen molar-refractivity contribution in [2.75, 3.05) is 12.0 Å². The number of nitrogens with one attached hydrogen (secondary N) is 1. The third-order valence-corrected chi connectivity index (χ3v) is 4.62. The highest BCUT2D eigenvalue weighted by molar-refractivity contribution is 5.91. The van der Waals surface area contributed by atoms with Gasteiger partial charge in [0.25, 0.3) is 0 Å². The van der Waals surface area contributed by atoms with Gasteiger partial charge < -0.3 is 14.4 Å². The van der Waals surface area contributed by atoms with E-state index >= 15 is 0 Å². The lowest BCUT2D eigenvalue weighted by atomic mass is 10.1. The third-order valence-electron chi connectivity index (χ3n) is 4.62. The second-order valence-electron chi connectivity index (χ2n) is 6.76.